The largest absolute Gasteiger partial charge is 0.399 e. The van der Waals surface area contributed by atoms with E-state index in [2.05, 4.69) is 15.9 Å². The van der Waals surface area contributed by atoms with Gasteiger partial charge in [-0.25, -0.2) is 0 Å². The van der Waals surface area contributed by atoms with Crippen LogP contribution in [0.2, 0.25) is 5.02 Å². The van der Waals surface area contributed by atoms with Gasteiger partial charge in [0.25, 0.3) is 0 Å². The minimum atomic E-state index is -0.0487. The van der Waals surface area contributed by atoms with E-state index in [1.54, 1.807) is 18.2 Å². The van der Waals surface area contributed by atoms with Crippen LogP contribution in [0.15, 0.2) is 28.1 Å². The first-order chi connectivity index (χ1) is 7.99. The number of hydrogen-bond acceptors (Lipinski definition) is 3. The molecule has 0 saturated heterocycles. The summed E-state index contributed by atoms with van der Waals surface area (Å²) in [6.45, 7) is 1.89. The quantitative estimate of drug-likeness (QED) is 0.659. The van der Waals surface area contributed by atoms with Crippen LogP contribution in [0.3, 0.4) is 0 Å². The number of anilines is 1. The summed E-state index contributed by atoms with van der Waals surface area (Å²) in [4.78, 5) is 12.9. The molecule has 0 aliphatic heterocycles. The molecule has 0 aliphatic carbocycles. The number of rotatable bonds is 2. The second-order valence-corrected chi connectivity index (χ2v) is 6.41. The second kappa shape index (κ2) is 4.80. The van der Waals surface area contributed by atoms with Crippen LogP contribution >= 0.6 is 38.9 Å². The zero-order chi connectivity index (χ0) is 12.6. The maximum Gasteiger partial charge on any atom is 0.203 e. The minimum Gasteiger partial charge on any atom is -0.399 e. The fraction of sp³-hybridized carbons (Fsp3) is 0.0833. The predicted molar refractivity (Wildman–Crippen MR) is 76.1 cm³/mol. The van der Waals surface area contributed by atoms with Crippen LogP contribution in [-0.4, -0.2) is 5.78 Å². The van der Waals surface area contributed by atoms with Gasteiger partial charge in [-0.1, -0.05) is 17.7 Å². The average Bonchev–Trinajstić information content (AvgIpc) is 2.62. The highest BCUT2D eigenvalue weighted by Gasteiger charge is 2.16. The number of thiophene rings is 1. The third kappa shape index (κ3) is 2.54. The number of aryl methyl sites for hydroxylation is 1. The number of halogens is 2. The summed E-state index contributed by atoms with van der Waals surface area (Å²) < 4.78 is 0.768. The highest BCUT2D eigenvalue weighted by Crippen LogP contribution is 2.33. The molecule has 0 radical (unpaired) electrons. The van der Waals surface area contributed by atoms with Crippen LogP contribution < -0.4 is 5.73 Å². The topological polar surface area (TPSA) is 43.1 Å². The Morgan fingerprint density at radius 1 is 1.41 bits per heavy atom. The zero-order valence-corrected chi connectivity index (χ0v) is 12.1. The molecule has 1 aromatic heterocycles. The summed E-state index contributed by atoms with van der Waals surface area (Å²) in [6, 6.07) is 6.98. The Kier molecular flexibility index (Phi) is 3.56. The molecule has 0 fully saturated rings. The van der Waals surface area contributed by atoms with Gasteiger partial charge in [-0.05, 0) is 46.6 Å². The molecule has 2 aromatic rings. The van der Waals surface area contributed by atoms with Gasteiger partial charge in [0, 0.05) is 11.3 Å². The lowest BCUT2D eigenvalue weighted by atomic mass is 10.0. The van der Waals surface area contributed by atoms with Crippen molar-refractivity contribution < 1.29 is 4.79 Å². The molecule has 0 saturated carbocycles. The number of nitrogen functional groups attached to an aromatic ring is 1. The van der Waals surface area contributed by atoms with Crippen molar-refractivity contribution in [3.05, 3.63) is 49.1 Å². The fourth-order valence-corrected chi connectivity index (χ4v) is 3.13. The summed E-state index contributed by atoms with van der Waals surface area (Å²) in [5, 5.41) is 0.555. The van der Waals surface area contributed by atoms with Crippen molar-refractivity contribution in [2.24, 2.45) is 0 Å². The molecule has 0 atom stereocenters. The van der Waals surface area contributed by atoms with Gasteiger partial charge in [-0.3, -0.25) is 4.79 Å². The number of nitrogens with two attached hydrogens (primary N) is 1. The van der Waals surface area contributed by atoms with Gasteiger partial charge in [0.05, 0.1) is 13.7 Å². The molecule has 1 heterocycles. The molecule has 0 bridgehead atoms. The van der Waals surface area contributed by atoms with Crippen LogP contribution in [0.1, 0.15) is 20.8 Å². The number of ketones is 1. The van der Waals surface area contributed by atoms with Gasteiger partial charge >= 0.3 is 0 Å². The summed E-state index contributed by atoms with van der Waals surface area (Å²) in [7, 11) is 0. The van der Waals surface area contributed by atoms with E-state index in [4.69, 9.17) is 17.3 Å². The highest BCUT2D eigenvalue weighted by molar-refractivity contribution is 9.11. The number of hydrogen-bond donors (Lipinski definition) is 1. The van der Waals surface area contributed by atoms with Crippen LogP contribution in [0, 0.1) is 6.92 Å². The SMILES string of the molecule is Cc1ccc(N)cc1C(=O)c1cc(Cl)c(Br)s1. The number of carbonyl (C=O) groups excluding carboxylic acids is 1. The van der Waals surface area contributed by atoms with E-state index in [9.17, 15) is 4.79 Å². The Balaban J connectivity index is 2.47. The van der Waals surface area contributed by atoms with Crippen molar-refractivity contribution in [1.29, 1.82) is 0 Å². The van der Waals surface area contributed by atoms with E-state index in [-0.39, 0.29) is 5.78 Å². The van der Waals surface area contributed by atoms with Crippen molar-refractivity contribution in [3.8, 4) is 0 Å². The Labute approximate surface area is 117 Å². The Morgan fingerprint density at radius 2 is 2.12 bits per heavy atom. The number of benzene rings is 1. The lowest BCUT2D eigenvalue weighted by Crippen LogP contribution is -2.02. The third-order valence-corrected chi connectivity index (χ3v) is 4.85. The lowest BCUT2D eigenvalue weighted by Gasteiger charge is -2.04. The van der Waals surface area contributed by atoms with Crippen molar-refractivity contribution in [2.45, 2.75) is 6.92 Å². The Morgan fingerprint density at radius 3 is 2.71 bits per heavy atom. The van der Waals surface area contributed by atoms with Crippen molar-refractivity contribution in [1.82, 2.24) is 0 Å². The molecule has 1 aromatic carbocycles. The monoisotopic (exact) mass is 329 g/mol. The lowest BCUT2D eigenvalue weighted by molar-refractivity contribution is 0.104. The van der Waals surface area contributed by atoms with Crippen molar-refractivity contribution in [3.63, 3.8) is 0 Å². The molecular weight excluding hydrogens is 322 g/mol. The first-order valence-corrected chi connectivity index (χ1v) is 6.83. The smallest absolute Gasteiger partial charge is 0.203 e. The van der Waals surface area contributed by atoms with Gasteiger partial charge in [0.15, 0.2) is 0 Å². The van der Waals surface area contributed by atoms with Crippen LogP contribution in [0.25, 0.3) is 0 Å². The van der Waals surface area contributed by atoms with Crippen LogP contribution in [-0.2, 0) is 0 Å². The zero-order valence-electron chi connectivity index (χ0n) is 8.96. The van der Waals surface area contributed by atoms with E-state index in [1.807, 2.05) is 13.0 Å². The molecule has 2 nitrogen and oxygen atoms in total. The maximum atomic E-state index is 12.3. The summed E-state index contributed by atoms with van der Waals surface area (Å²) >= 11 is 10.5. The van der Waals surface area contributed by atoms with E-state index in [0.29, 0.717) is 21.2 Å². The standard InChI is InChI=1S/C12H9BrClNOS/c1-6-2-3-7(15)4-8(6)11(16)10-5-9(14)12(13)17-10/h2-5H,15H2,1H3. The molecule has 17 heavy (non-hydrogen) atoms. The molecule has 88 valence electrons. The molecule has 0 aliphatic rings. The first-order valence-electron chi connectivity index (χ1n) is 4.84. The third-order valence-electron chi connectivity index (χ3n) is 2.38. The predicted octanol–water partition coefficient (Wildman–Crippen LogP) is 4.29. The average molecular weight is 331 g/mol. The number of carbonyl (C=O) groups is 1. The van der Waals surface area contributed by atoms with Crippen LogP contribution in [0.5, 0.6) is 0 Å². The van der Waals surface area contributed by atoms with E-state index in [1.165, 1.54) is 11.3 Å². The maximum absolute atomic E-state index is 12.3. The molecule has 2 rings (SSSR count). The van der Waals surface area contributed by atoms with Gasteiger partial charge in [-0.2, -0.15) is 0 Å². The molecule has 2 N–H and O–H groups in total. The minimum absolute atomic E-state index is 0.0487. The highest BCUT2D eigenvalue weighted by atomic mass is 79.9. The molecule has 5 heteroatoms. The van der Waals surface area contributed by atoms with E-state index in [0.717, 1.165) is 9.35 Å². The van der Waals surface area contributed by atoms with Crippen molar-refractivity contribution >= 4 is 50.3 Å². The second-order valence-electron chi connectivity index (χ2n) is 3.64. The fourth-order valence-electron chi connectivity index (χ4n) is 1.48. The van der Waals surface area contributed by atoms with Gasteiger partial charge in [-0.15, -0.1) is 11.3 Å². The van der Waals surface area contributed by atoms with Crippen molar-refractivity contribution in [2.75, 3.05) is 5.73 Å². The van der Waals surface area contributed by atoms with Gasteiger partial charge < -0.3 is 5.73 Å². The van der Waals surface area contributed by atoms with E-state index >= 15 is 0 Å². The van der Waals surface area contributed by atoms with Gasteiger partial charge in [0.1, 0.15) is 0 Å². The summed E-state index contributed by atoms with van der Waals surface area (Å²) in [6.07, 6.45) is 0. The summed E-state index contributed by atoms with van der Waals surface area (Å²) in [5.41, 5.74) is 7.81. The Bertz CT molecular complexity index is 575. The molecule has 0 spiro atoms. The normalized spacial score (nSPS) is 10.5. The molecule has 0 amide bonds. The summed E-state index contributed by atoms with van der Waals surface area (Å²) in [5.74, 6) is -0.0487. The van der Waals surface area contributed by atoms with Crippen LogP contribution in [0.4, 0.5) is 5.69 Å². The van der Waals surface area contributed by atoms with Gasteiger partial charge in [0.2, 0.25) is 5.78 Å². The molecule has 0 unspecified atom stereocenters. The Hall–Kier alpha value is -0.840. The molecular formula is C12H9BrClNOS. The first kappa shape index (κ1) is 12.6. The van der Waals surface area contributed by atoms with E-state index < -0.39 is 0 Å².